The van der Waals surface area contributed by atoms with Gasteiger partial charge in [0.25, 0.3) is 5.91 Å². The number of nitrogens with two attached hydrogens (primary N) is 3. The van der Waals surface area contributed by atoms with E-state index in [0.29, 0.717) is 16.7 Å². The maximum atomic E-state index is 14.1. The van der Waals surface area contributed by atoms with Crippen LogP contribution in [-0.4, -0.2) is 177 Å². The van der Waals surface area contributed by atoms with Crippen molar-refractivity contribution in [2.75, 3.05) is 20.1 Å². The minimum absolute atomic E-state index is 0.0122. The van der Waals surface area contributed by atoms with Gasteiger partial charge in [-0.2, -0.15) is 0 Å². The number of para-hydroxylation sites is 1. The molecule has 10 atom stereocenters. The quantitative estimate of drug-likeness (QED) is 0.0105. The van der Waals surface area contributed by atoms with E-state index in [4.69, 9.17) is 17.2 Å². The van der Waals surface area contributed by atoms with E-state index in [-0.39, 0.29) is 75.7 Å². The summed E-state index contributed by atoms with van der Waals surface area (Å²) < 4.78 is 0. The Balaban J connectivity index is 1.28. The van der Waals surface area contributed by atoms with Crippen molar-refractivity contribution in [3.05, 3.63) is 102 Å². The van der Waals surface area contributed by atoms with Gasteiger partial charge in [-0.3, -0.25) is 58.4 Å². The summed E-state index contributed by atoms with van der Waals surface area (Å²) in [7, 11) is 1.48. The first-order chi connectivity index (χ1) is 41.7. The number of benzene rings is 3. The number of urea groups is 1. The molecule has 0 radical (unpaired) electrons. The van der Waals surface area contributed by atoms with E-state index in [9.17, 15) is 68.1 Å². The lowest BCUT2D eigenvalue weighted by Gasteiger charge is -2.30. The van der Waals surface area contributed by atoms with Crippen LogP contribution in [0.25, 0.3) is 10.9 Å². The number of carbonyl (C=O) groups is 11. The van der Waals surface area contributed by atoms with E-state index in [2.05, 4.69) is 63.4 Å². The average molecular weight is 1230 g/mol. The second-order valence-electron chi connectivity index (χ2n) is 21.8. The van der Waals surface area contributed by atoms with Crippen LogP contribution in [0.1, 0.15) is 76.5 Å². The molecule has 30 nitrogen and oxygen atoms in total. The zero-order chi connectivity index (χ0) is 64.8. The van der Waals surface area contributed by atoms with E-state index < -0.39 is 132 Å². The number of carbonyl (C=O) groups excluding carboxylic acids is 11. The van der Waals surface area contributed by atoms with Crippen molar-refractivity contribution in [1.29, 1.82) is 0 Å². The number of aliphatic hydroxyl groups excluding tert-OH is 2. The molecule has 0 unspecified atom stereocenters. The summed E-state index contributed by atoms with van der Waals surface area (Å²) in [6.45, 7) is 5.70. The highest BCUT2D eigenvalue weighted by Gasteiger charge is 2.43. The first-order valence-corrected chi connectivity index (χ1v) is 28.5. The van der Waals surface area contributed by atoms with Crippen LogP contribution in [0.15, 0.2) is 90.1 Å². The first-order valence-electron chi connectivity index (χ1n) is 28.5. The van der Waals surface area contributed by atoms with Gasteiger partial charge in [-0.15, -0.1) is 0 Å². The number of guanidine groups is 1. The van der Waals surface area contributed by atoms with Gasteiger partial charge in [0, 0.05) is 69.8 Å². The standard InChI is InChI=1S/C58H80N16O14/c1-30(2)22-42(51(82)66-40(16-11-21-63-57(61)62-5)50(81)67-41(49(60)80)25-35-28-64-39-15-10-9-14-38(35)39)70-58(88)73-72-53(84)43(23-33-12-7-6-8-13-33)69-55(86)48(31(3)75)71-52(83)44(27-47(59)79)68-54(85)46-26-37(78)29-74(46)56(87)45(65-32(4)76)24-34-17-19-36(77)20-18-34/h6-10,12-15,17-20,28,30-31,37,40-46,48,64,75,77-78H,11,16,21-27,29H2,1-5H3,(H2,59,79)(H2,60,80)(H,65,76)(H,66,82)(H,67,81)(H,68,85)(H,69,86)(H,71,83)(H,72,84)(H3,61,62,63)(H2,70,73,88)/t31-,37+,40+,41+,42+,43+,44+,45-,46+,48+/m1/s1. The number of likely N-dealkylation sites (tertiary alicyclic amines) is 1. The fourth-order valence-corrected chi connectivity index (χ4v) is 9.74. The summed E-state index contributed by atoms with van der Waals surface area (Å²) in [5.41, 5.74) is 23.9. The summed E-state index contributed by atoms with van der Waals surface area (Å²) in [6.07, 6.45) is -2.45. The molecule has 1 aromatic heterocycles. The lowest BCUT2D eigenvalue weighted by Crippen LogP contribution is -2.62. The smallest absolute Gasteiger partial charge is 0.334 e. The maximum absolute atomic E-state index is 14.1. The molecule has 30 heteroatoms. The molecule has 0 spiro atoms. The number of fused-ring (bicyclic) bond motifs is 1. The number of aromatic hydroxyl groups is 1. The van der Waals surface area contributed by atoms with E-state index in [0.717, 1.165) is 22.7 Å². The molecule has 0 bridgehead atoms. The Kier molecular flexibility index (Phi) is 26.0. The van der Waals surface area contributed by atoms with Gasteiger partial charge in [0.2, 0.25) is 53.2 Å². The van der Waals surface area contributed by atoms with Crippen LogP contribution >= 0.6 is 0 Å². The molecular formula is C58H80N16O14. The van der Waals surface area contributed by atoms with Crippen molar-refractivity contribution >= 4 is 82.0 Å². The number of amides is 12. The first kappa shape index (κ1) is 68.9. The molecule has 1 fully saturated rings. The number of primary amides is 2. The third kappa shape index (κ3) is 21.3. The van der Waals surface area contributed by atoms with E-state index >= 15 is 0 Å². The summed E-state index contributed by atoms with van der Waals surface area (Å²) >= 11 is 0. The monoisotopic (exact) mass is 1220 g/mol. The Hall–Kier alpha value is -9.84. The molecule has 1 saturated heterocycles. The van der Waals surface area contributed by atoms with E-state index in [1.807, 2.05) is 24.3 Å². The molecule has 4 aromatic rings. The van der Waals surface area contributed by atoms with Gasteiger partial charge in [0.05, 0.1) is 18.6 Å². The molecule has 1 aliphatic heterocycles. The number of β-amino-alcohol motifs (C(OH)–C–C–N with tert-alkyl or cyclic N) is 1. The number of H-pyrrole nitrogens is 1. The number of aliphatic hydroxyl groups is 2. The molecule has 12 amide bonds. The van der Waals surface area contributed by atoms with Crippen molar-refractivity contribution in [3.63, 3.8) is 0 Å². The molecule has 88 heavy (non-hydrogen) atoms. The van der Waals surface area contributed by atoms with Gasteiger partial charge in [-0.25, -0.2) is 10.2 Å². The number of hydrazine groups is 1. The average Bonchev–Trinajstić information content (AvgIpc) is 2.76. The number of nitrogens with zero attached hydrogens (tertiary/aromatic N) is 2. The molecule has 1 aliphatic rings. The van der Waals surface area contributed by atoms with Crippen LogP contribution in [0, 0.1) is 5.92 Å². The number of nitrogens with one attached hydrogen (secondary N) is 11. The number of aromatic nitrogens is 1. The Labute approximate surface area is 507 Å². The van der Waals surface area contributed by atoms with Gasteiger partial charge in [0.1, 0.15) is 54.1 Å². The highest BCUT2D eigenvalue weighted by Crippen LogP contribution is 2.23. The topological polar surface area (TPSA) is 478 Å². The third-order valence-corrected chi connectivity index (χ3v) is 14.2. The predicted molar refractivity (Wildman–Crippen MR) is 320 cm³/mol. The normalized spacial score (nSPS) is 16.6. The molecule has 0 saturated carbocycles. The second kappa shape index (κ2) is 33.2. The van der Waals surface area contributed by atoms with Crippen molar-refractivity contribution in [1.82, 2.24) is 63.3 Å². The zero-order valence-electron chi connectivity index (χ0n) is 49.5. The van der Waals surface area contributed by atoms with Gasteiger partial charge in [-0.05, 0) is 67.0 Å². The van der Waals surface area contributed by atoms with Crippen LogP contribution in [-0.2, 0) is 67.2 Å². The summed E-state index contributed by atoms with van der Waals surface area (Å²) in [4.78, 5) is 157. The number of aliphatic imine (C=N–C) groups is 1. The number of phenolic OH excluding ortho intramolecular Hbond substituents is 1. The molecular weight excluding hydrogens is 1140 g/mol. The van der Waals surface area contributed by atoms with Crippen molar-refractivity contribution in [2.45, 2.75) is 140 Å². The SMILES string of the molecule is CN=C(N)NCCC[C@H](NC(=O)[C@H](CC(C)C)NC(=O)NNC(=O)[C@H](Cc1ccccc1)NC(=O)[C@@H](NC(=O)[C@H](CC(N)=O)NC(=O)[C@@H]1C[C@H](O)CN1C(=O)[C@@H](Cc1ccc(O)cc1)NC(C)=O)[C@@H](C)O)C(=O)N[C@@H](Cc1c[nH]c2ccccc12)C(N)=O. The fourth-order valence-electron chi connectivity index (χ4n) is 9.74. The Morgan fingerprint density at radius 3 is 1.92 bits per heavy atom. The van der Waals surface area contributed by atoms with E-state index in [1.54, 1.807) is 50.4 Å². The van der Waals surface area contributed by atoms with Crippen LogP contribution in [0.3, 0.4) is 0 Å². The molecule has 3 aromatic carbocycles. The Bertz CT molecular complexity index is 3140. The summed E-state index contributed by atoms with van der Waals surface area (Å²) in [5, 5.41) is 52.5. The Morgan fingerprint density at radius 2 is 1.28 bits per heavy atom. The van der Waals surface area contributed by atoms with Gasteiger partial charge < -0.3 is 84.9 Å². The van der Waals surface area contributed by atoms with E-state index in [1.165, 1.54) is 38.2 Å². The summed E-state index contributed by atoms with van der Waals surface area (Å²) in [6, 6.07) is 8.44. The van der Waals surface area contributed by atoms with Crippen molar-refractivity contribution in [3.8, 4) is 5.75 Å². The highest BCUT2D eigenvalue weighted by atomic mass is 16.3. The molecule has 476 valence electrons. The number of rotatable bonds is 30. The lowest BCUT2D eigenvalue weighted by atomic mass is 10.0. The number of hydrogen-bond donors (Lipinski definition) is 17. The largest absolute Gasteiger partial charge is 0.508 e. The second-order valence-corrected chi connectivity index (χ2v) is 21.8. The van der Waals surface area contributed by atoms with Crippen LogP contribution in [0.4, 0.5) is 4.79 Å². The fraction of sp³-hybridized carbons (Fsp3) is 0.448. The van der Waals surface area contributed by atoms with Crippen molar-refractivity contribution < 1.29 is 68.1 Å². The summed E-state index contributed by atoms with van der Waals surface area (Å²) in [5.74, 6) is -9.47. The predicted octanol–water partition coefficient (Wildman–Crippen LogP) is -3.41. The van der Waals surface area contributed by atoms with Gasteiger partial charge in [0.15, 0.2) is 5.96 Å². The number of phenols is 1. The zero-order valence-corrected chi connectivity index (χ0v) is 49.5. The molecule has 5 rings (SSSR count). The van der Waals surface area contributed by atoms with Gasteiger partial charge in [-0.1, -0.05) is 74.5 Å². The Morgan fingerprint density at radius 1 is 0.670 bits per heavy atom. The maximum Gasteiger partial charge on any atom is 0.334 e. The van der Waals surface area contributed by atoms with Gasteiger partial charge >= 0.3 is 6.03 Å². The molecule has 20 N–H and O–H groups in total. The van der Waals surface area contributed by atoms with Crippen LogP contribution in [0.5, 0.6) is 5.75 Å². The lowest BCUT2D eigenvalue weighted by molar-refractivity contribution is -0.142. The van der Waals surface area contributed by atoms with Crippen molar-refractivity contribution in [2.24, 2.45) is 28.1 Å². The minimum Gasteiger partial charge on any atom is -0.508 e. The van der Waals surface area contributed by atoms with Crippen LogP contribution in [0.2, 0.25) is 0 Å². The minimum atomic E-state index is -1.89. The number of aromatic amines is 1. The highest BCUT2D eigenvalue weighted by molar-refractivity contribution is 5.99. The number of hydrogen-bond acceptors (Lipinski definition) is 15. The molecule has 2 heterocycles. The van der Waals surface area contributed by atoms with Crippen LogP contribution < -0.4 is 70.6 Å². The molecule has 0 aliphatic carbocycles. The third-order valence-electron chi connectivity index (χ3n) is 14.2.